The van der Waals surface area contributed by atoms with Crippen molar-refractivity contribution < 1.29 is 9.53 Å². The molecule has 1 saturated heterocycles. The Morgan fingerprint density at radius 3 is 2.67 bits per heavy atom. The monoisotopic (exact) mass is 353 g/mol. The lowest BCUT2D eigenvalue weighted by molar-refractivity contribution is 0.0288. The summed E-state index contributed by atoms with van der Waals surface area (Å²) >= 11 is 3.59. The predicted octanol–water partition coefficient (Wildman–Crippen LogP) is 4.34. The molecule has 0 spiro atoms. The summed E-state index contributed by atoms with van der Waals surface area (Å²) in [7, 11) is 0. The Morgan fingerprint density at radius 1 is 1.38 bits per heavy atom. The second-order valence-corrected chi connectivity index (χ2v) is 7.47. The van der Waals surface area contributed by atoms with E-state index in [-0.39, 0.29) is 6.09 Å². The maximum Gasteiger partial charge on any atom is 0.410 e. The third-order valence-electron chi connectivity index (χ3n) is 3.76. The van der Waals surface area contributed by atoms with Crippen LogP contribution in [0.1, 0.15) is 37.8 Å². The first-order chi connectivity index (χ1) is 9.80. The molecule has 116 valence electrons. The molecule has 1 amide bonds. The van der Waals surface area contributed by atoms with Gasteiger partial charge < -0.3 is 9.64 Å². The minimum Gasteiger partial charge on any atom is -0.444 e. The Morgan fingerprint density at radius 2 is 2.10 bits per heavy atom. The Kier molecular flexibility index (Phi) is 4.97. The number of halogens is 1. The van der Waals surface area contributed by atoms with Crippen LogP contribution in [0.25, 0.3) is 0 Å². The van der Waals surface area contributed by atoms with Crippen molar-refractivity contribution in [3.63, 3.8) is 0 Å². The number of carbonyl (C=O) groups excluding carboxylic acids is 1. The Labute approximate surface area is 135 Å². The van der Waals surface area contributed by atoms with Gasteiger partial charge in [-0.3, -0.25) is 0 Å². The normalized spacial score (nSPS) is 22.4. The first kappa shape index (κ1) is 16.3. The van der Waals surface area contributed by atoms with Crippen LogP contribution in [0.2, 0.25) is 0 Å². The van der Waals surface area contributed by atoms with Gasteiger partial charge in [-0.2, -0.15) is 0 Å². The van der Waals surface area contributed by atoms with E-state index in [1.165, 1.54) is 11.1 Å². The molecule has 4 heteroatoms. The summed E-state index contributed by atoms with van der Waals surface area (Å²) in [5.74, 6) is 0.802. The third-order valence-corrected chi connectivity index (χ3v) is 4.59. The van der Waals surface area contributed by atoms with Crippen LogP contribution in [0.3, 0.4) is 0 Å². The van der Waals surface area contributed by atoms with Gasteiger partial charge in [0.15, 0.2) is 0 Å². The largest absolute Gasteiger partial charge is 0.444 e. The van der Waals surface area contributed by atoms with E-state index < -0.39 is 5.60 Å². The summed E-state index contributed by atoms with van der Waals surface area (Å²) in [4.78, 5) is 14.1. The van der Waals surface area contributed by atoms with Gasteiger partial charge in [-0.1, -0.05) is 45.8 Å². The smallest absolute Gasteiger partial charge is 0.410 e. The van der Waals surface area contributed by atoms with E-state index in [2.05, 4.69) is 47.1 Å². The molecule has 2 atom stereocenters. The quantitative estimate of drug-likeness (QED) is 0.740. The number of carbonyl (C=O) groups is 1. The van der Waals surface area contributed by atoms with Gasteiger partial charge in [0.2, 0.25) is 0 Å². The summed E-state index contributed by atoms with van der Waals surface area (Å²) in [6.07, 6.45) is -0.205. The van der Waals surface area contributed by atoms with Crippen molar-refractivity contribution in [1.29, 1.82) is 0 Å². The molecule has 2 rings (SSSR count). The van der Waals surface area contributed by atoms with Crippen molar-refractivity contribution in [3.05, 3.63) is 35.4 Å². The fraction of sp³-hybridized carbons (Fsp3) is 0.588. The molecule has 0 N–H and O–H groups in total. The molecule has 0 aromatic heterocycles. The first-order valence-electron chi connectivity index (χ1n) is 7.40. The Balaban J connectivity index is 2.12. The van der Waals surface area contributed by atoms with Crippen molar-refractivity contribution in [3.8, 4) is 0 Å². The van der Waals surface area contributed by atoms with Crippen LogP contribution >= 0.6 is 15.9 Å². The average Bonchev–Trinajstić information content (AvgIpc) is 2.81. The van der Waals surface area contributed by atoms with Crippen LogP contribution in [0.4, 0.5) is 4.79 Å². The SMILES string of the molecule is Cc1cccc([C@@H]2CN(C(=O)OC(C)(C)C)C[C@H]2CBr)c1. The van der Waals surface area contributed by atoms with E-state index in [4.69, 9.17) is 4.74 Å². The van der Waals surface area contributed by atoms with Gasteiger partial charge >= 0.3 is 6.09 Å². The Hall–Kier alpha value is -1.03. The zero-order chi connectivity index (χ0) is 15.6. The number of nitrogens with zero attached hydrogens (tertiary/aromatic N) is 1. The Bertz CT molecular complexity index is 510. The summed E-state index contributed by atoms with van der Waals surface area (Å²) < 4.78 is 5.49. The molecule has 1 fully saturated rings. The third kappa shape index (κ3) is 4.22. The molecule has 1 aliphatic rings. The number of aryl methyl sites for hydroxylation is 1. The van der Waals surface area contributed by atoms with Crippen molar-refractivity contribution >= 4 is 22.0 Å². The summed E-state index contributed by atoms with van der Waals surface area (Å²) in [6, 6.07) is 8.57. The predicted molar refractivity (Wildman–Crippen MR) is 89.0 cm³/mol. The lowest BCUT2D eigenvalue weighted by Gasteiger charge is -2.24. The van der Waals surface area contributed by atoms with E-state index in [9.17, 15) is 4.79 Å². The topological polar surface area (TPSA) is 29.5 Å². The molecule has 0 unspecified atom stereocenters. The average molecular weight is 354 g/mol. The van der Waals surface area contributed by atoms with Crippen molar-refractivity contribution in [2.45, 2.75) is 39.2 Å². The van der Waals surface area contributed by atoms with Crippen LogP contribution < -0.4 is 0 Å². The fourth-order valence-electron chi connectivity index (χ4n) is 2.78. The van der Waals surface area contributed by atoms with Gasteiger partial charge in [-0.05, 0) is 39.2 Å². The van der Waals surface area contributed by atoms with E-state index in [1.807, 2.05) is 25.7 Å². The van der Waals surface area contributed by atoms with Crippen molar-refractivity contribution in [2.24, 2.45) is 5.92 Å². The second kappa shape index (κ2) is 6.39. The number of hydrogen-bond donors (Lipinski definition) is 0. The van der Waals surface area contributed by atoms with Gasteiger partial charge in [-0.15, -0.1) is 0 Å². The fourth-order valence-corrected chi connectivity index (χ4v) is 3.44. The zero-order valence-corrected chi connectivity index (χ0v) is 14.8. The minimum absolute atomic E-state index is 0.205. The van der Waals surface area contributed by atoms with E-state index >= 15 is 0 Å². The van der Waals surface area contributed by atoms with Crippen LogP contribution in [0, 0.1) is 12.8 Å². The lowest BCUT2D eigenvalue weighted by atomic mass is 9.89. The molecular formula is C17H24BrNO2. The van der Waals surface area contributed by atoms with E-state index in [1.54, 1.807) is 0 Å². The summed E-state index contributed by atoms with van der Waals surface area (Å²) in [5.41, 5.74) is 2.13. The minimum atomic E-state index is -0.442. The summed E-state index contributed by atoms with van der Waals surface area (Å²) in [5, 5.41) is 0.894. The highest BCUT2D eigenvalue weighted by Crippen LogP contribution is 2.34. The highest BCUT2D eigenvalue weighted by molar-refractivity contribution is 9.09. The lowest BCUT2D eigenvalue weighted by Crippen LogP contribution is -2.35. The molecule has 1 aromatic rings. The number of ether oxygens (including phenoxy) is 1. The van der Waals surface area contributed by atoms with Gasteiger partial charge in [0.25, 0.3) is 0 Å². The van der Waals surface area contributed by atoms with Crippen LogP contribution in [-0.4, -0.2) is 35.0 Å². The van der Waals surface area contributed by atoms with E-state index in [0.717, 1.165) is 18.4 Å². The molecule has 1 heterocycles. The van der Waals surface area contributed by atoms with Crippen LogP contribution in [0.5, 0.6) is 0 Å². The standard InChI is InChI=1S/C17H24BrNO2/c1-12-6-5-7-13(8-12)15-11-19(10-14(15)9-18)16(20)21-17(2,3)4/h5-8,14-15H,9-11H2,1-4H3/t14-,15+/m1/s1. The molecule has 1 aromatic carbocycles. The highest BCUT2D eigenvalue weighted by Gasteiger charge is 2.37. The highest BCUT2D eigenvalue weighted by atomic mass is 79.9. The molecule has 0 aliphatic carbocycles. The number of alkyl halides is 1. The number of benzene rings is 1. The van der Waals surface area contributed by atoms with Crippen LogP contribution in [0.15, 0.2) is 24.3 Å². The zero-order valence-electron chi connectivity index (χ0n) is 13.2. The van der Waals surface area contributed by atoms with Crippen molar-refractivity contribution in [2.75, 3.05) is 18.4 Å². The number of likely N-dealkylation sites (tertiary alicyclic amines) is 1. The maximum atomic E-state index is 12.3. The van der Waals surface area contributed by atoms with Gasteiger partial charge in [0.1, 0.15) is 5.60 Å². The van der Waals surface area contributed by atoms with Gasteiger partial charge in [0, 0.05) is 24.3 Å². The number of hydrogen-bond acceptors (Lipinski definition) is 2. The van der Waals surface area contributed by atoms with E-state index in [0.29, 0.717) is 11.8 Å². The number of rotatable bonds is 2. The molecule has 21 heavy (non-hydrogen) atoms. The molecule has 1 aliphatic heterocycles. The van der Waals surface area contributed by atoms with Gasteiger partial charge in [0.05, 0.1) is 0 Å². The summed E-state index contributed by atoms with van der Waals surface area (Å²) in [6.45, 7) is 9.30. The maximum absolute atomic E-state index is 12.3. The van der Waals surface area contributed by atoms with Gasteiger partial charge in [-0.25, -0.2) is 4.79 Å². The van der Waals surface area contributed by atoms with Crippen LogP contribution in [-0.2, 0) is 4.74 Å². The molecule has 0 bridgehead atoms. The number of amides is 1. The molecule has 0 saturated carbocycles. The molecule has 0 radical (unpaired) electrons. The second-order valence-electron chi connectivity index (χ2n) is 6.82. The first-order valence-corrected chi connectivity index (χ1v) is 8.53. The molecule has 3 nitrogen and oxygen atoms in total. The van der Waals surface area contributed by atoms with Crippen molar-refractivity contribution in [1.82, 2.24) is 4.90 Å². The molecular weight excluding hydrogens is 330 g/mol.